The van der Waals surface area contributed by atoms with Gasteiger partial charge in [0.2, 0.25) is 0 Å². The Morgan fingerprint density at radius 1 is 0.964 bits per heavy atom. The van der Waals surface area contributed by atoms with Gasteiger partial charge in [-0.1, -0.05) is 54.1 Å². The molecule has 1 aromatic heterocycles. The maximum absolute atomic E-state index is 11.7. The minimum Gasteiger partial charge on any atom is -0.496 e. The Labute approximate surface area is 166 Å². The van der Waals surface area contributed by atoms with Crippen molar-refractivity contribution in [1.82, 2.24) is 4.98 Å². The number of hydrogen-bond acceptors (Lipinski definition) is 4. The Morgan fingerprint density at radius 3 is 2.32 bits per heavy atom. The average molecular weight is 391 g/mol. The fourth-order valence-electron chi connectivity index (χ4n) is 3.17. The molecule has 4 aromatic rings. The number of fused-ring (bicyclic) bond motifs is 1. The van der Waals surface area contributed by atoms with Crippen LogP contribution in [0, 0.1) is 10.1 Å². The molecule has 4 rings (SSSR count). The molecule has 1 heterocycles. The van der Waals surface area contributed by atoms with Gasteiger partial charge in [0, 0.05) is 16.0 Å². The van der Waals surface area contributed by atoms with E-state index in [1.54, 1.807) is 18.2 Å². The normalized spacial score (nSPS) is 10.8. The van der Waals surface area contributed by atoms with Gasteiger partial charge in [0.25, 0.3) is 5.69 Å². The summed E-state index contributed by atoms with van der Waals surface area (Å²) < 4.78 is 5.29. The van der Waals surface area contributed by atoms with Crippen molar-refractivity contribution in [1.29, 1.82) is 0 Å². The molecular formula is C22H15ClN2O3. The first-order chi connectivity index (χ1) is 13.6. The lowest BCUT2D eigenvalue weighted by Gasteiger charge is -2.12. The molecule has 3 aromatic carbocycles. The van der Waals surface area contributed by atoms with Crippen molar-refractivity contribution in [2.24, 2.45) is 0 Å². The molecule has 0 fully saturated rings. The van der Waals surface area contributed by atoms with E-state index in [4.69, 9.17) is 16.3 Å². The van der Waals surface area contributed by atoms with Gasteiger partial charge in [-0.15, -0.1) is 0 Å². The highest BCUT2D eigenvalue weighted by Crippen LogP contribution is 2.38. The summed E-state index contributed by atoms with van der Waals surface area (Å²) in [6.45, 7) is 0. The largest absolute Gasteiger partial charge is 0.496 e. The number of nitro benzene ring substituents is 1. The van der Waals surface area contributed by atoms with Crippen molar-refractivity contribution in [3.8, 4) is 28.1 Å². The fourth-order valence-corrected chi connectivity index (χ4v) is 3.29. The van der Waals surface area contributed by atoms with E-state index in [1.165, 1.54) is 13.2 Å². The summed E-state index contributed by atoms with van der Waals surface area (Å²) in [5, 5.41) is 13.0. The molecule has 0 radical (unpaired) electrons. The molecule has 138 valence electrons. The minimum atomic E-state index is -0.432. The van der Waals surface area contributed by atoms with Gasteiger partial charge in [-0.25, -0.2) is 4.98 Å². The summed E-state index contributed by atoms with van der Waals surface area (Å²) in [7, 11) is 1.49. The number of methoxy groups -OCH3 is 1. The number of ether oxygens (including phenoxy) is 1. The molecule has 0 aliphatic carbocycles. The van der Waals surface area contributed by atoms with Gasteiger partial charge in [0.1, 0.15) is 11.3 Å². The molecule has 0 saturated carbocycles. The monoisotopic (exact) mass is 390 g/mol. The maximum atomic E-state index is 11.7. The van der Waals surface area contributed by atoms with Crippen molar-refractivity contribution in [2.45, 2.75) is 0 Å². The highest BCUT2D eigenvalue weighted by Gasteiger charge is 2.20. The number of nitro groups is 1. The van der Waals surface area contributed by atoms with Gasteiger partial charge >= 0.3 is 0 Å². The zero-order chi connectivity index (χ0) is 19.7. The Bertz CT molecular complexity index is 1180. The molecule has 6 heteroatoms. The molecule has 0 atom stereocenters. The van der Waals surface area contributed by atoms with Crippen LogP contribution in [0.4, 0.5) is 5.69 Å². The number of halogens is 1. The number of non-ortho nitro benzene ring substituents is 1. The molecule has 0 spiro atoms. The quantitative estimate of drug-likeness (QED) is 0.310. The number of hydrogen-bond donors (Lipinski definition) is 0. The number of aromatic nitrogens is 1. The first-order valence-electron chi connectivity index (χ1n) is 8.55. The fraction of sp³-hybridized carbons (Fsp3) is 0.0455. The van der Waals surface area contributed by atoms with E-state index in [-0.39, 0.29) is 5.69 Å². The lowest BCUT2D eigenvalue weighted by atomic mass is 9.97. The Morgan fingerprint density at radius 2 is 1.68 bits per heavy atom. The van der Waals surface area contributed by atoms with Crippen molar-refractivity contribution in [3.63, 3.8) is 0 Å². The van der Waals surface area contributed by atoms with Crippen LogP contribution in [-0.2, 0) is 0 Å². The van der Waals surface area contributed by atoms with Gasteiger partial charge < -0.3 is 4.74 Å². The molecule has 0 N–H and O–H groups in total. The van der Waals surface area contributed by atoms with Crippen LogP contribution in [0.3, 0.4) is 0 Å². The molecule has 0 bridgehead atoms. The van der Waals surface area contributed by atoms with E-state index < -0.39 is 4.92 Å². The van der Waals surface area contributed by atoms with Crippen LogP contribution < -0.4 is 4.74 Å². The van der Waals surface area contributed by atoms with E-state index in [9.17, 15) is 10.1 Å². The standard InChI is InChI=1S/C22H15ClN2O3/c1-28-17-11-19-18(14-5-3-2-4-6-14)13-20(15-7-9-16(23)10-8-15)24-22(19)21(12-17)25(26)27/h2-13H,1H3. The molecule has 0 amide bonds. The number of rotatable bonds is 4. The third kappa shape index (κ3) is 3.28. The zero-order valence-corrected chi connectivity index (χ0v) is 15.7. The van der Waals surface area contributed by atoms with Gasteiger partial charge in [-0.05, 0) is 35.4 Å². The summed E-state index contributed by atoms with van der Waals surface area (Å²) in [5.74, 6) is 0.414. The predicted octanol–water partition coefficient (Wildman–Crippen LogP) is 6.14. The van der Waals surface area contributed by atoms with Gasteiger partial charge in [-0.2, -0.15) is 0 Å². The van der Waals surface area contributed by atoms with Gasteiger partial charge in [-0.3, -0.25) is 10.1 Å². The van der Waals surface area contributed by atoms with Crippen LogP contribution in [0.25, 0.3) is 33.3 Å². The molecule has 0 aliphatic rings. The van der Waals surface area contributed by atoms with Crippen LogP contribution >= 0.6 is 11.6 Å². The predicted molar refractivity (Wildman–Crippen MR) is 111 cm³/mol. The second-order valence-electron chi connectivity index (χ2n) is 6.23. The number of benzene rings is 3. The van der Waals surface area contributed by atoms with Crippen LogP contribution in [-0.4, -0.2) is 17.0 Å². The Balaban J connectivity index is 2.09. The van der Waals surface area contributed by atoms with Crippen LogP contribution in [0.15, 0.2) is 72.8 Å². The number of pyridine rings is 1. The summed E-state index contributed by atoms with van der Waals surface area (Å²) in [4.78, 5) is 15.9. The topological polar surface area (TPSA) is 65.3 Å². The van der Waals surface area contributed by atoms with E-state index in [0.29, 0.717) is 27.4 Å². The summed E-state index contributed by atoms with van der Waals surface area (Å²) >= 11 is 6.00. The van der Waals surface area contributed by atoms with Crippen molar-refractivity contribution in [3.05, 3.63) is 87.9 Å². The van der Waals surface area contributed by atoms with Crippen molar-refractivity contribution in [2.75, 3.05) is 7.11 Å². The summed E-state index contributed by atoms with van der Waals surface area (Å²) in [6.07, 6.45) is 0. The third-order valence-electron chi connectivity index (χ3n) is 4.52. The highest BCUT2D eigenvalue weighted by molar-refractivity contribution is 6.30. The second kappa shape index (κ2) is 7.29. The molecule has 5 nitrogen and oxygen atoms in total. The highest BCUT2D eigenvalue weighted by atomic mass is 35.5. The molecular weight excluding hydrogens is 376 g/mol. The van der Waals surface area contributed by atoms with E-state index in [2.05, 4.69) is 4.98 Å². The van der Waals surface area contributed by atoms with Crippen molar-refractivity contribution >= 4 is 28.2 Å². The Hall–Kier alpha value is -3.44. The number of nitrogens with zero attached hydrogens (tertiary/aromatic N) is 2. The summed E-state index contributed by atoms with van der Waals surface area (Å²) in [6, 6.07) is 22.1. The molecule has 0 aliphatic heterocycles. The van der Waals surface area contributed by atoms with Crippen molar-refractivity contribution < 1.29 is 9.66 Å². The molecule has 28 heavy (non-hydrogen) atoms. The molecule has 0 saturated heterocycles. The third-order valence-corrected chi connectivity index (χ3v) is 4.78. The second-order valence-corrected chi connectivity index (χ2v) is 6.66. The summed E-state index contributed by atoms with van der Waals surface area (Å²) in [5.41, 5.74) is 3.47. The lowest BCUT2D eigenvalue weighted by Crippen LogP contribution is -1.97. The van der Waals surface area contributed by atoms with E-state index >= 15 is 0 Å². The SMILES string of the molecule is COc1cc([N+](=O)[O-])c2nc(-c3ccc(Cl)cc3)cc(-c3ccccc3)c2c1. The van der Waals surface area contributed by atoms with Gasteiger partial charge in [0.05, 0.1) is 23.8 Å². The van der Waals surface area contributed by atoms with E-state index in [1.807, 2.05) is 48.5 Å². The van der Waals surface area contributed by atoms with Crippen LogP contribution in [0.2, 0.25) is 5.02 Å². The first-order valence-corrected chi connectivity index (χ1v) is 8.93. The lowest BCUT2D eigenvalue weighted by molar-refractivity contribution is -0.383. The smallest absolute Gasteiger partial charge is 0.299 e. The zero-order valence-electron chi connectivity index (χ0n) is 14.9. The maximum Gasteiger partial charge on any atom is 0.299 e. The Kier molecular flexibility index (Phi) is 4.67. The first kappa shape index (κ1) is 17.9. The molecule has 0 unspecified atom stereocenters. The van der Waals surface area contributed by atoms with Gasteiger partial charge in [0.15, 0.2) is 0 Å². The average Bonchev–Trinajstić information content (AvgIpc) is 2.73. The minimum absolute atomic E-state index is 0.0951. The van der Waals surface area contributed by atoms with Crippen LogP contribution in [0.5, 0.6) is 5.75 Å². The van der Waals surface area contributed by atoms with Crippen LogP contribution in [0.1, 0.15) is 0 Å². The van der Waals surface area contributed by atoms with E-state index in [0.717, 1.165) is 16.7 Å².